The van der Waals surface area contributed by atoms with Crippen LogP contribution >= 0.6 is 11.3 Å². The Kier molecular flexibility index (Phi) is 5.37. The summed E-state index contributed by atoms with van der Waals surface area (Å²) in [5.41, 5.74) is 0.836. The van der Waals surface area contributed by atoms with Gasteiger partial charge in [-0.3, -0.25) is 18.7 Å². The minimum absolute atomic E-state index is 0.0764. The van der Waals surface area contributed by atoms with Gasteiger partial charge < -0.3 is 4.90 Å². The van der Waals surface area contributed by atoms with E-state index in [1.165, 1.54) is 20.5 Å². The Hall–Kier alpha value is -2.67. The zero-order chi connectivity index (χ0) is 18.7. The predicted molar refractivity (Wildman–Crippen MR) is 104 cm³/mol. The molecule has 0 aliphatic carbocycles. The van der Waals surface area contributed by atoms with Crippen LogP contribution in [0.25, 0.3) is 10.2 Å². The molecule has 0 N–H and O–H groups in total. The molecular formula is C19H21N3O3S. The number of likely N-dealkylation sites (N-methyl/N-ethyl adjacent to an activating group) is 1. The highest BCUT2D eigenvalue weighted by atomic mass is 32.1. The average molecular weight is 371 g/mol. The van der Waals surface area contributed by atoms with Gasteiger partial charge in [0.15, 0.2) is 0 Å². The van der Waals surface area contributed by atoms with Crippen molar-refractivity contribution >= 4 is 27.5 Å². The summed E-state index contributed by atoms with van der Waals surface area (Å²) in [6.45, 7) is 4.90. The highest BCUT2D eigenvalue weighted by Crippen LogP contribution is 2.15. The molecule has 2 aromatic heterocycles. The van der Waals surface area contributed by atoms with E-state index in [9.17, 15) is 14.4 Å². The number of thiophene rings is 1. The molecule has 0 aliphatic heterocycles. The first-order valence-electron chi connectivity index (χ1n) is 8.59. The van der Waals surface area contributed by atoms with Crippen LogP contribution in [0.4, 0.5) is 0 Å². The summed E-state index contributed by atoms with van der Waals surface area (Å²) in [4.78, 5) is 39.6. The molecule has 6 nitrogen and oxygen atoms in total. The first-order valence-corrected chi connectivity index (χ1v) is 9.47. The summed E-state index contributed by atoms with van der Waals surface area (Å²) in [6.07, 6.45) is 0. The Morgan fingerprint density at radius 3 is 2.46 bits per heavy atom. The maximum absolute atomic E-state index is 12.8. The van der Waals surface area contributed by atoms with Gasteiger partial charge in [0.2, 0.25) is 5.91 Å². The molecule has 3 rings (SSSR count). The van der Waals surface area contributed by atoms with Crippen LogP contribution in [0.5, 0.6) is 0 Å². The first-order chi connectivity index (χ1) is 12.6. The molecular weight excluding hydrogens is 350 g/mol. The van der Waals surface area contributed by atoms with Crippen molar-refractivity contribution in [1.82, 2.24) is 14.0 Å². The fourth-order valence-corrected chi connectivity index (χ4v) is 3.82. The van der Waals surface area contributed by atoms with Crippen LogP contribution in [0.15, 0.2) is 51.4 Å². The summed E-state index contributed by atoms with van der Waals surface area (Å²) in [7, 11) is 0. The number of carbonyl (C=O) groups is 1. The minimum atomic E-state index is -0.437. The maximum Gasteiger partial charge on any atom is 0.331 e. The lowest BCUT2D eigenvalue weighted by molar-refractivity contribution is -0.132. The van der Waals surface area contributed by atoms with Gasteiger partial charge in [-0.2, -0.15) is 0 Å². The van der Waals surface area contributed by atoms with E-state index in [1.54, 1.807) is 23.3 Å². The molecule has 1 amide bonds. The third-order valence-corrected chi connectivity index (χ3v) is 5.29. The highest BCUT2D eigenvalue weighted by Gasteiger charge is 2.18. The summed E-state index contributed by atoms with van der Waals surface area (Å²) < 4.78 is 3.09. The third-order valence-electron chi connectivity index (χ3n) is 4.40. The first kappa shape index (κ1) is 18.1. The van der Waals surface area contributed by atoms with E-state index in [-0.39, 0.29) is 24.6 Å². The van der Waals surface area contributed by atoms with E-state index in [0.29, 0.717) is 23.3 Å². The van der Waals surface area contributed by atoms with E-state index in [1.807, 2.05) is 37.3 Å². The van der Waals surface area contributed by atoms with Gasteiger partial charge in [-0.25, -0.2) is 4.79 Å². The molecule has 0 atom stereocenters. The van der Waals surface area contributed by atoms with Gasteiger partial charge in [0, 0.05) is 19.6 Å². The molecule has 0 saturated heterocycles. The topological polar surface area (TPSA) is 64.3 Å². The lowest BCUT2D eigenvalue weighted by Gasteiger charge is -2.22. The Bertz CT molecular complexity index is 1030. The number of benzene rings is 1. The Labute approximate surface area is 154 Å². The standard InChI is InChI=1S/C19H21N3O3S/c1-3-20(12-14-8-6-5-7-9-14)16(23)13-22-15-10-11-26-17(15)18(24)21(4-2)19(22)25/h5-11H,3-4,12-13H2,1-2H3. The number of fused-ring (bicyclic) bond motifs is 1. The van der Waals surface area contributed by atoms with Crippen LogP contribution in [0, 0.1) is 0 Å². The Morgan fingerprint density at radius 2 is 1.81 bits per heavy atom. The van der Waals surface area contributed by atoms with Gasteiger partial charge in [0.25, 0.3) is 5.56 Å². The van der Waals surface area contributed by atoms with Gasteiger partial charge in [0.1, 0.15) is 11.2 Å². The van der Waals surface area contributed by atoms with E-state index >= 15 is 0 Å². The van der Waals surface area contributed by atoms with Gasteiger partial charge in [-0.05, 0) is 30.9 Å². The van der Waals surface area contributed by atoms with Crippen molar-refractivity contribution in [1.29, 1.82) is 0 Å². The fraction of sp³-hybridized carbons (Fsp3) is 0.316. The monoisotopic (exact) mass is 371 g/mol. The van der Waals surface area contributed by atoms with Crippen molar-refractivity contribution in [2.75, 3.05) is 6.54 Å². The van der Waals surface area contributed by atoms with E-state index in [2.05, 4.69) is 0 Å². The van der Waals surface area contributed by atoms with Crippen molar-refractivity contribution in [3.8, 4) is 0 Å². The van der Waals surface area contributed by atoms with E-state index in [4.69, 9.17) is 0 Å². The SMILES string of the molecule is CCN(Cc1ccccc1)C(=O)Cn1c(=O)n(CC)c(=O)c2sccc21. The molecule has 2 heterocycles. The normalized spacial score (nSPS) is 11.0. The summed E-state index contributed by atoms with van der Waals surface area (Å²) in [5, 5.41) is 1.77. The number of amides is 1. The van der Waals surface area contributed by atoms with Crippen LogP contribution in [0.1, 0.15) is 19.4 Å². The van der Waals surface area contributed by atoms with E-state index in [0.717, 1.165) is 5.56 Å². The Balaban J connectivity index is 1.95. The number of hydrogen-bond donors (Lipinski definition) is 0. The maximum atomic E-state index is 12.8. The van der Waals surface area contributed by atoms with Gasteiger partial charge in [-0.1, -0.05) is 30.3 Å². The lowest BCUT2D eigenvalue weighted by Crippen LogP contribution is -2.42. The molecule has 3 aromatic rings. The van der Waals surface area contributed by atoms with Crippen molar-refractivity contribution in [3.05, 3.63) is 68.2 Å². The zero-order valence-corrected chi connectivity index (χ0v) is 15.7. The fourth-order valence-electron chi connectivity index (χ4n) is 2.98. The van der Waals surface area contributed by atoms with Crippen LogP contribution < -0.4 is 11.2 Å². The molecule has 0 bridgehead atoms. The molecule has 0 unspecified atom stereocenters. The number of carbonyl (C=O) groups excluding carboxylic acids is 1. The molecule has 26 heavy (non-hydrogen) atoms. The smallest absolute Gasteiger partial charge is 0.331 e. The molecule has 0 aliphatic rings. The van der Waals surface area contributed by atoms with Crippen molar-refractivity contribution in [2.24, 2.45) is 0 Å². The van der Waals surface area contributed by atoms with Crippen molar-refractivity contribution in [2.45, 2.75) is 33.5 Å². The summed E-state index contributed by atoms with van der Waals surface area (Å²) >= 11 is 1.29. The minimum Gasteiger partial charge on any atom is -0.337 e. The van der Waals surface area contributed by atoms with Crippen molar-refractivity contribution in [3.63, 3.8) is 0 Å². The second-order valence-corrected chi connectivity index (χ2v) is 6.86. The van der Waals surface area contributed by atoms with Crippen LogP contribution in [0.2, 0.25) is 0 Å². The highest BCUT2D eigenvalue weighted by molar-refractivity contribution is 7.17. The van der Waals surface area contributed by atoms with Gasteiger partial charge in [0.05, 0.1) is 5.52 Å². The van der Waals surface area contributed by atoms with Crippen LogP contribution in [0.3, 0.4) is 0 Å². The van der Waals surface area contributed by atoms with Crippen LogP contribution in [-0.4, -0.2) is 26.5 Å². The summed E-state index contributed by atoms with van der Waals surface area (Å²) in [5.74, 6) is -0.146. The molecule has 0 spiro atoms. The number of nitrogens with zero attached hydrogens (tertiary/aromatic N) is 3. The number of aromatic nitrogens is 2. The quantitative estimate of drug-likeness (QED) is 0.668. The van der Waals surface area contributed by atoms with Gasteiger partial charge in [-0.15, -0.1) is 11.3 Å². The molecule has 0 fully saturated rings. The molecule has 7 heteroatoms. The third kappa shape index (κ3) is 3.35. The van der Waals surface area contributed by atoms with Gasteiger partial charge >= 0.3 is 5.69 Å². The largest absolute Gasteiger partial charge is 0.337 e. The number of hydrogen-bond acceptors (Lipinski definition) is 4. The molecule has 0 radical (unpaired) electrons. The molecule has 136 valence electrons. The zero-order valence-electron chi connectivity index (χ0n) is 14.8. The lowest BCUT2D eigenvalue weighted by atomic mass is 10.2. The average Bonchev–Trinajstić information content (AvgIpc) is 3.14. The second-order valence-electron chi connectivity index (χ2n) is 5.95. The predicted octanol–water partition coefficient (Wildman–Crippen LogP) is 2.29. The second kappa shape index (κ2) is 7.70. The number of rotatable bonds is 6. The molecule has 0 saturated carbocycles. The van der Waals surface area contributed by atoms with E-state index < -0.39 is 5.69 Å². The van der Waals surface area contributed by atoms with Crippen LogP contribution in [-0.2, 0) is 24.4 Å². The summed E-state index contributed by atoms with van der Waals surface area (Å²) in [6, 6.07) is 11.5. The van der Waals surface area contributed by atoms with Crippen molar-refractivity contribution < 1.29 is 4.79 Å². The Morgan fingerprint density at radius 1 is 1.08 bits per heavy atom. The molecule has 1 aromatic carbocycles.